The minimum Gasteiger partial charge on any atom is -0.477 e. The van der Waals surface area contributed by atoms with Gasteiger partial charge in [-0.25, -0.2) is 4.79 Å². The van der Waals surface area contributed by atoms with Crippen molar-refractivity contribution in [2.75, 3.05) is 13.2 Å². The molecule has 0 aliphatic carbocycles. The number of terminal acetylenes is 2. The third kappa shape index (κ3) is 6.13. The van der Waals surface area contributed by atoms with Crippen LogP contribution in [0.5, 0.6) is 11.5 Å². The first-order chi connectivity index (χ1) is 12.8. The van der Waals surface area contributed by atoms with E-state index in [1.54, 1.807) is 39.0 Å². The molecule has 5 nitrogen and oxygen atoms in total. The van der Waals surface area contributed by atoms with E-state index in [9.17, 15) is 4.79 Å². The molecule has 0 fully saturated rings. The van der Waals surface area contributed by atoms with Crippen molar-refractivity contribution in [3.8, 4) is 36.2 Å². The molecule has 0 aromatic heterocycles. The van der Waals surface area contributed by atoms with Crippen LogP contribution in [0.2, 0.25) is 0 Å². The van der Waals surface area contributed by atoms with E-state index >= 15 is 0 Å². The molecule has 1 unspecified atom stereocenters. The van der Waals surface area contributed by atoms with Crippen LogP contribution in [0.3, 0.4) is 0 Å². The van der Waals surface area contributed by atoms with Gasteiger partial charge in [0.2, 0.25) is 0 Å². The third-order valence-corrected chi connectivity index (χ3v) is 3.89. The first-order valence-electron chi connectivity index (χ1n) is 8.88. The van der Waals surface area contributed by atoms with E-state index in [2.05, 4.69) is 18.8 Å². The first kappa shape index (κ1) is 23.2. The van der Waals surface area contributed by atoms with Gasteiger partial charge in [-0.05, 0) is 39.8 Å². The molecule has 1 atom stereocenters. The Bertz CT molecular complexity index is 768. The highest BCUT2D eigenvalue weighted by Crippen LogP contribution is 2.45. The second-order valence-electron chi connectivity index (χ2n) is 8.29. The maximum atomic E-state index is 12.4. The molecule has 0 N–H and O–H groups in total. The Kier molecular flexibility index (Phi) is 7.42. The maximum Gasteiger partial charge on any atom is 0.509 e. The molecule has 0 spiro atoms. The summed E-state index contributed by atoms with van der Waals surface area (Å²) in [6.07, 6.45) is 9.75. The summed E-state index contributed by atoms with van der Waals surface area (Å²) in [5.41, 5.74) is -1.90. The number of ether oxygens (including phenoxy) is 4. The predicted molar refractivity (Wildman–Crippen MR) is 109 cm³/mol. The number of rotatable bonds is 6. The van der Waals surface area contributed by atoms with Crippen LogP contribution in [-0.4, -0.2) is 25.0 Å². The number of hydrogen-bond acceptors (Lipinski definition) is 5. The molecule has 0 heterocycles. The first-order valence-corrected chi connectivity index (χ1v) is 8.88. The van der Waals surface area contributed by atoms with Crippen molar-refractivity contribution in [2.45, 2.75) is 52.7 Å². The van der Waals surface area contributed by atoms with E-state index in [0.717, 1.165) is 0 Å². The Morgan fingerprint density at radius 3 is 1.96 bits per heavy atom. The Labute approximate surface area is 168 Å². The van der Waals surface area contributed by atoms with Crippen LogP contribution in [0.25, 0.3) is 0 Å². The van der Waals surface area contributed by atoms with E-state index in [-0.39, 0.29) is 13.2 Å². The SMILES string of the molecule is C#CCOc1ccc(C([CH2])(OC(=O)OC(C)(C)C)C(C)(C)C)cc1OCC#C. The van der Waals surface area contributed by atoms with Crippen molar-refractivity contribution in [1.29, 1.82) is 0 Å². The van der Waals surface area contributed by atoms with Gasteiger partial charge in [-0.1, -0.05) is 38.7 Å². The zero-order chi connectivity index (χ0) is 21.6. The molecule has 0 aliphatic rings. The van der Waals surface area contributed by atoms with Crippen LogP contribution in [0.1, 0.15) is 47.1 Å². The summed E-state index contributed by atoms with van der Waals surface area (Å²) in [5, 5.41) is 0. The van der Waals surface area contributed by atoms with Crippen LogP contribution in [-0.2, 0) is 15.1 Å². The fourth-order valence-electron chi connectivity index (χ4n) is 2.29. The van der Waals surface area contributed by atoms with E-state index < -0.39 is 22.8 Å². The summed E-state index contributed by atoms with van der Waals surface area (Å²) in [7, 11) is 0. The molecule has 0 saturated carbocycles. The van der Waals surface area contributed by atoms with Gasteiger partial charge in [0.25, 0.3) is 0 Å². The topological polar surface area (TPSA) is 54.0 Å². The molecule has 0 saturated heterocycles. The summed E-state index contributed by atoms with van der Waals surface area (Å²) in [6, 6.07) is 5.12. The van der Waals surface area contributed by atoms with Gasteiger partial charge in [-0.3, -0.25) is 0 Å². The molecule has 1 rings (SSSR count). The Hall–Kier alpha value is -2.79. The van der Waals surface area contributed by atoms with Crippen molar-refractivity contribution >= 4 is 6.16 Å². The number of benzene rings is 1. The quantitative estimate of drug-likeness (QED) is 0.523. The summed E-state index contributed by atoms with van der Waals surface area (Å²) in [4.78, 5) is 12.4. The molecule has 1 radical (unpaired) electrons. The molecule has 1 aromatic rings. The average molecular weight is 385 g/mol. The van der Waals surface area contributed by atoms with E-state index in [1.165, 1.54) is 0 Å². The van der Waals surface area contributed by atoms with Crippen LogP contribution in [0.15, 0.2) is 18.2 Å². The second kappa shape index (κ2) is 8.93. The fourth-order valence-corrected chi connectivity index (χ4v) is 2.29. The lowest BCUT2D eigenvalue weighted by atomic mass is 9.73. The molecule has 0 aliphatic heterocycles. The molecule has 151 valence electrons. The van der Waals surface area contributed by atoms with Gasteiger partial charge in [0.15, 0.2) is 11.5 Å². The molecule has 0 amide bonds. The zero-order valence-electron chi connectivity index (χ0n) is 17.5. The molecule has 28 heavy (non-hydrogen) atoms. The third-order valence-electron chi connectivity index (χ3n) is 3.89. The lowest BCUT2D eigenvalue weighted by Gasteiger charge is -2.41. The highest BCUT2D eigenvalue weighted by molar-refractivity contribution is 5.62. The van der Waals surface area contributed by atoms with Crippen molar-refractivity contribution in [3.63, 3.8) is 0 Å². The maximum absolute atomic E-state index is 12.4. The minimum atomic E-state index is -1.26. The van der Waals surface area contributed by atoms with E-state index in [1.807, 2.05) is 20.8 Å². The Morgan fingerprint density at radius 1 is 0.964 bits per heavy atom. The lowest BCUT2D eigenvalue weighted by molar-refractivity contribution is -0.0928. The van der Waals surface area contributed by atoms with Gasteiger partial charge in [0.05, 0.1) is 0 Å². The average Bonchev–Trinajstić information content (AvgIpc) is 2.55. The number of carbonyl (C=O) groups excluding carboxylic acids is 1. The van der Waals surface area contributed by atoms with Crippen LogP contribution >= 0.6 is 0 Å². The van der Waals surface area contributed by atoms with Gasteiger partial charge in [0, 0.05) is 11.0 Å². The fraction of sp³-hybridized carbons (Fsp3) is 0.478. The monoisotopic (exact) mass is 385 g/mol. The molecular formula is C23H29O5. The van der Waals surface area contributed by atoms with Crippen LogP contribution in [0.4, 0.5) is 4.79 Å². The Morgan fingerprint density at radius 2 is 1.50 bits per heavy atom. The van der Waals surface area contributed by atoms with E-state index in [0.29, 0.717) is 17.1 Å². The normalized spacial score (nSPS) is 13.5. The lowest BCUT2D eigenvalue weighted by Crippen LogP contribution is -2.43. The van der Waals surface area contributed by atoms with Crippen molar-refractivity contribution in [1.82, 2.24) is 0 Å². The van der Waals surface area contributed by atoms with E-state index in [4.69, 9.17) is 31.8 Å². The van der Waals surface area contributed by atoms with Gasteiger partial charge < -0.3 is 18.9 Å². The summed E-state index contributed by atoms with van der Waals surface area (Å²) >= 11 is 0. The predicted octanol–water partition coefficient (Wildman–Crippen LogP) is 4.74. The highest BCUT2D eigenvalue weighted by atomic mass is 16.7. The summed E-state index contributed by atoms with van der Waals surface area (Å²) in [5.74, 6) is 5.63. The Balaban J connectivity index is 3.36. The minimum absolute atomic E-state index is 0.0441. The van der Waals surface area contributed by atoms with Crippen LogP contribution < -0.4 is 9.47 Å². The molecular weight excluding hydrogens is 356 g/mol. The smallest absolute Gasteiger partial charge is 0.477 e. The molecule has 5 heteroatoms. The summed E-state index contributed by atoms with van der Waals surface area (Å²) < 4.78 is 22.1. The molecule has 1 aromatic carbocycles. The van der Waals surface area contributed by atoms with Crippen molar-refractivity contribution in [2.24, 2.45) is 5.41 Å². The highest BCUT2D eigenvalue weighted by Gasteiger charge is 2.44. The standard InChI is InChI=1S/C23H29O5/c1-10-14-25-18-13-12-17(16-19(18)26-15-11-2)23(9,21(3,4)5)28-20(24)27-22(6,7)8/h1-2,12-13,16H,9,14-15H2,3-8H3. The largest absolute Gasteiger partial charge is 0.509 e. The van der Waals surface area contributed by atoms with Gasteiger partial charge >= 0.3 is 6.16 Å². The van der Waals surface area contributed by atoms with Crippen molar-refractivity contribution in [3.05, 3.63) is 30.7 Å². The van der Waals surface area contributed by atoms with Crippen LogP contribution in [0, 0.1) is 37.0 Å². The van der Waals surface area contributed by atoms with Gasteiger partial charge in [-0.15, -0.1) is 12.8 Å². The zero-order valence-corrected chi connectivity index (χ0v) is 17.5. The van der Waals surface area contributed by atoms with Gasteiger partial charge in [0.1, 0.15) is 24.4 Å². The second-order valence-corrected chi connectivity index (χ2v) is 8.29. The number of hydrogen-bond donors (Lipinski definition) is 0. The van der Waals surface area contributed by atoms with Crippen molar-refractivity contribution < 1.29 is 23.7 Å². The number of carbonyl (C=O) groups is 1. The van der Waals surface area contributed by atoms with Gasteiger partial charge in [-0.2, -0.15) is 0 Å². The summed E-state index contributed by atoms with van der Waals surface area (Å²) in [6.45, 7) is 15.4. The molecule has 0 bridgehead atoms.